The Balaban J connectivity index is 1.50. The molecule has 1 aliphatic heterocycles. The highest BCUT2D eigenvalue weighted by Crippen LogP contribution is 2.23. The van der Waals surface area contributed by atoms with Crippen LogP contribution >= 0.6 is 0 Å². The van der Waals surface area contributed by atoms with Gasteiger partial charge < -0.3 is 14.7 Å². The number of hydrogen-bond acceptors (Lipinski definition) is 4. The fraction of sp³-hybridized carbons (Fsp3) is 0.348. The summed E-state index contributed by atoms with van der Waals surface area (Å²) >= 11 is 0. The quantitative estimate of drug-likeness (QED) is 0.668. The number of piperazine rings is 1. The minimum Gasteiger partial charge on any atom is -0.338 e. The number of rotatable bonds is 4. The van der Waals surface area contributed by atoms with Crippen molar-refractivity contribution >= 4 is 22.8 Å². The summed E-state index contributed by atoms with van der Waals surface area (Å²) < 4.78 is 2.10. The van der Waals surface area contributed by atoms with Crippen LogP contribution in [-0.4, -0.2) is 82.9 Å². The summed E-state index contributed by atoms with van der Waals surface area (Å²) in [4.78, 5) is 35.5. The highest BCUT2D eigenvalue weighted by atomic mass is 16.2. The van der Waals surface area contributed by atoms with E-state index < -0.39 is 0 Å². The lowest BCUT2D eigenvalue weighted by Gasteiger charge is -2.35. The lowest BCUT2D eigenvalue weighted by Crippen LogP contribution is -2.52. The molecule has 2 amide bonds. The number of amides is 2. The number of fused-ring (bicyclic) bond motifs is 1. The zero-order chi connectivity index (χ0) is 21.3. The largest absolute Gasteiger partial charge is 0.338 e. The molecule has 3 aromatic rings. The van der Waals surface area contributed by atoms with E-state index in [1.165, 1.54) is 0 Å². The van der Waals surface area contributed by atoms with Gasteiger partial charge in [-0.25, -0.2) is 4.98 Å². The number of likely N-dealkylation sites (N-methyl/N-ethyl adjacent to an activating group) is 1. The number of hydrogen-bond donors (Lipinski definition) is 0. The molecule has 2 heterocycles. The zero-order valence-corrected chi connectivity index (χ0v) is 17.7. The second kappa shape index (κ2) is 8.28. The van der Waals surface area contributed by atoms with Crippen LogP contribution in [0, 0.1) is 6.92 Å². The molecule has 7 heteroatoms. The number of aromatic nitrogens is 2. The summed E-state index contributed by atoms with van der Waals surface area (Å²) in [7, 11) is 3.77. The highest BCUT2D eigenvalue weighted by Gasteiger charge is 2.25. The van der Waals surface area contributed by atoms with Crippen LogP contribution in [0.15, 0.2) is 48.5 Å². The summed E-state index contributed by atoms with van der Waals surface area (Å²) in [5.41, 5.74) is 3.47. The first-order chi connectivity index (χ1) is 14.4. The van der Waals surface area contributed by atoms with Crippen molar-refractivity contribution in [3.05, 3.63) is 59.9 Å². The summed E-state index contributed by atoms with van der Waals surface area (Å²) in [5, 5.41) is 0. The Bertz CT molecular complexity index is 1070. The van der Waals surface area contributed by atoms with Crippen molar-refractivity contribution in [2.45, 2.75) is 6.92 Å². The van der Waals surface area contributed by atoms with E-state index in [-0.39, 0.29) is 11.8 Å². The molecule has 1 aliphatic rings. The Labute approximate surface area is 176 Å². The summed E-state index contributed by atoms with van der Waals surface area (Å²) in [6.07, 6.45) is 0. The van der Waals surface area contributed by atoms with Gasteiger partial charge in [-0.05, 0) is 51.4 Å². The van der Waals surface area contributed by atoms with Crippen molar-refractivity contribution < 1.29 is 9.59 Å². The van der Waals surface area contributed by atoms with Crippen molar-refractivity contribution in [3.63, 3.8) is 0 Å². The van der Waals surface area contributed by atoms with Crippen molar-refractivity contribution in [1.82, 2.24) is 24.3 Å². The van der Waals surface area contributed by atoms with Gasteiger partial charge in [0.15, 0.2) is 0 Å². The maximum Gasteiger partial charge on any atom is 0.254 e. The monoisotopic (exact) mass is 405 g/mol. The van der Waals surface area contributed by atoms with Gasteiger partial charge in [0.2, 0.25) is 5.91 Å². The maximum absolute atomic E-state index is 13.0. The van der Waals surface area contributed by atoms with Gasteiger partial charge in [-0.1, -0.05) is 18.2 Å². The van der Waals surface area contributed by atoms with E-state index >= 15 is 0 Å². The Hall–Kier alpha value is -3.19. The van der Waals surface area contributed by atoms with Crippen LogP contribution in [0.2, 0.25) is 0 Å². The van der Waals surface area contributed by atoms with E-state index in [0.717, 1.165) is 22.5 Å². The molecule has 2 aromatic carbocycles. The fourth-order valence-electron chi connectivity index (χ4n) is 3.95. The van der Waals surface area contributed by atoms with Gasteiger partial charge >= 0.3 is 0 Å². The van der Waals surface area contributed by atoms with Crippen molar-refractivity contribution in [1.29, 1.82) is 0 Å². The van der Waals surface area contributed by atoms with Crippen LogP contribution < -0.4 is 0 Å². The minimum absolute atomic E-state index is 0.0106. The lowest BCUT2D eigenvalue weighted by molar-refractivity contribution is -0.133. The third-order valence-corrected chi connectivity index (χ3v) is 5.45. The van der Waals surface area contributed by atoms with Gasteiger partial charge in [-0.2, -0.15) is 0 Å². The van der Waals surface area contributed by atoms with Gasteiger partial charge in [0.25, 0.3) is 5.91 Å². The molecule has 156 valence electrons. The van der Waals surface area contributed by atoms with Crippen LogP contribution in [0.5, 0.6) is 0 Å². The Morgan fingerprint density at radius 2 is 1.63 bits per heavy atom. The molecule has 0 unspecified atom stereocenters. The van der Waals surface area contributed by atoms with E-state index in [9.17, 15) is 9.59 Å². The third-order valence-electron chi connectivity index (χ3n) is 5.45. The predicted molar refractivity (Wildman–Crippen MR) is 117 cm³/mol. The molecule has 0 atom stereocenters. The number of aryl methyl sites for hydroxylation is 1. The Morgan fingerprint density at radius 3 is 2.30 bits per heavy atom. The molecule has 0 N–H and O–H groups in total. The number of benzene rings is 2. The smallest absolute Gasteiger partial charge is 0.254 e. The molecule has 0 spiro atoms. The number of carbonyl (C=O) groups is 2. The average molecular weight is 406 g/mol. The number of imidazole rings is 1. The summed E-state index contributed by atoms with van der Waals surface area (Å²) in [5.74, 6) is 0.979. The van der Waals surface area contributed by atoms with E-state index in [0.29, 0.717) is 38.3 Å². The maximum atomic E-state index is 13.0. The van der Waals surface area contributed by atoms with Crippen molar-refractivity contribution in [3.8, 4) is 5.69 Å². The van der Waals surface area contributed by atoms with E-state index in [4.69, 9.17) is 0 Å². The van der Waals surface area contributed by atoms with Crippen LogP contribution in [-0.2, 0) is 4.79 Å². The van der Waals surface area contributed by atoms with Crippen LogP contribution in [0.3, 0.4) is 0 Å². The standard InChI is InChI=1S/C23H27N5O2/c1-17-24-20-15-18(9-10-21(20)28(17)19-7-5-4-6-8-19)23(30)27-13-11-26(12-14-27)22(29)16-25(2)3/h4-10,15H,11-14,16H2,1-3H3. The number of nitrogens with zero attached hydrogens (tertiary/aromatic N) is 5. The molecule has 0 aliphatic carbocycles. The summed E-state index contributed by atoms with van der Waals surface area (Å²) in [6, 6.07) is 15.8. The van der Waals surface area contributed by atoms with E-state index in [2.05, 4.69) is 9.55 Å². The second-order valence-electron chi connectivity index (χ2n) is 7.94. The van der Waals surface area contributed by atoms with Crippen LogP contribution in [0.25, 0.3) is 16.7 Å². The van der Waals surface area contributed by atoms with Gasteiger partial charge in [-0.15, -0.1) is 0 Å². The van der Waals surface area contributed by atoms with Crippen LogP contribution in [0.1, 0.15) is 16.2 Å². The molecule has 1 saturated heterocycles. The second-order valence-corrected chi connectivity index (χ2v) is 7.94. The highest BCUT2D eigenvalue weighted by molar-refractivity contribution is 5.98. The van der Waals surface area contributed by atoms with Crippen molar-refractivity contribution in [2.24, 2.45) is 0 Å². The predicted octanol–water partition coefficient (Wildman–Crippen LogP) is 2.18. The number of carbonyl (C=O) groups excluding carboxylic acids is 2. The van der Waals surface area contributed by atoms with E-state index in [1.807, 2.05) is 84.2 Å². The zero-order valence-electron chi connectivity index (χ0n) is 17.7. The fourth-order valence-corrected chi connectivity index (χ4v) is 3.95. The van der Waals surface area contributed by atoms with E-state index in [1.54, 1.807) is 0 Å². The molecule has 1 aromatic heterocycles. The third kappa shape index (κ3) is 3.93. The first-order valence-corrected chi connectivity index (χ1v) is 10.2. The Morgan fingerprint density at radius 1 is 0.967 bits per heavy atom. The number of para-hydroxylation sites is 1. The molecule has 1 fully saturated rings. The normalized spacial score (nSPS) is 14.5. The van der Waals surface area contributed by atoms with Gasteiger partial charge in [-0.3, -0.25) is 14.2 Å². The molecular formula is C23H27N5O2. The minimum atomic E-state index is -0.0106. The van der Waals surface area contributed by atoms with Crippen LogP contribution in [0.4, 0.5) is 0 Å². The molecule has 0 saturated carbocycles. The first kappa shape index (κ1) is 20.1. The van der Waals surface area contributed by atoms with Gasteiger partial charge in [0, 0.05) is 37.4 Å². The molecule has 30 heavy (non-hydrogen) atoms. The molecule has 7 nitrogen and oxygen atoms in total. The lowest BCUT2D eigenvalue weighted by atomic mass is 10.1. The van der Waals surface area contributed by atoms with Gasteiger partial charge in [0.1, 0.15) is 5.82 Å². The summed E-state index contributed by atoms with van der Waals surface area (Å²) in [6.45, 7) is 4.61. The SMILES string of the molecule is Cc1nc2cc(C(=O)N3CCN(C(=O)CN(C)C)CC3)ccc2n1-c1ccccc1. The molecule has 0 bridgehead atoms. The van der Waals surface area contributed by atoms with Gasteiger partial charge in [0.05, 0.1) is 17.6 Å². The Kier molecular flexibility index (Phi) is 5.55. The first-order valence-electron chi connectivity index (χ1n) is 10.2. The van der Waals surface area contributed by atoms with Crippen molar-refractivity contribution in [2.75, 3.05) is 46.8 Å². The molecule has 4 rings (SSSR count). The topological polar surface area (TPSA) is 61.7 Å². The average Bonchev–Trinajstić information content (AvgIpc) is 3.08. The molecular weight excluding hydrogens is 378 g/mol. The molecule has 0 radical (unpaired) electrons.